The monoisotopic (exact) mass is 267 g/mol. The fourth-order valence-corrected chi connectivity index (χ4v) is 2.48. The lowest BCUT2D eigenvalue weighted by molar-refractivity contribution is 0.00671. The summed E-state index contributed by atoms with van der Waals surface area (Å²) in [5, 5.41) is 12.9. The number of halogens is 1. The third-order valence-electron chi connectivity index (χ3n) is 3.83. The first kappa shape index (κ1) is 14.3. The quantitative estimate of drug-likeness (QED) is 0.881. The number of benzene rings is 1. The molecule has 1 saturated carbocycles. The predicted octanol–water partition coefficient (Wildman–Crippen LogP) is 2.79. The lowest BCUT2D eigenvalue weighted by atomic mass is 9.95. The molecule has 0 amide bonds. The highest BCUT2D eigenvalue weighted by atomic mass is 19.1. The van der Waals surface area contributed by atoms with Crippen molar-refractivity contribution in [2.75, 3.05) is 7.05 Å². The topological polar surface area (TPSA) is 41.5 Å². The molecule has 0 aliphatic heterocycles. The summed E-state index contributed by atoms with van der Waals surface area (Å²) in [7, 11) is 1.80. The molecular formula is C15H22FNO2. The number of nitrogens with one attached hydrogen (secondary N) is 1. The van der Waals surface area contributed by atoms with Gasteiger partial charge in [-0.25, -0.2) is 4.39 Å². The maximum Gasteiger partial charge on any atom is 0.131 e. The molecule has 1 aromatic carbocycles. The van der Waals surface area contributed by atoms with Crippen molar-refractivity contribution >= 4 is 0 Å². The number of hydrogen-bond acceptors (Lipinski definition) is 3. The Bertz CT molecular complexity index is 425. The number of hydrogen-bond donors (Lipinski definition) is 2. The van der Waals surface area contributed by atoms with Gasteiger partial charge < -0.3 is 15.2 Å². The van der Waals surface area contributed by atoms with E-state index in [0.29, 0.717) is 11.3 Å². The maximum atomic E-state index is 14.0. The Morgan fingerprint density at radius 2 is 2.11 bits per heavy atom. The average Bonchev–Trinajstić information content (AvgIpc) is 2.41. The second-order valence-electron chi connectivity index (χ2n) is 5.20. The highest BCUT2D eigenvalue weighted by Crippen LogP contribution is 2.26. The van der Waals surface area contributed by atoms with Crippen molar-refractivity contribution in [3.05, 3.63) is 29.6 Å². The summed E-state index contributed by atoms with van der Waals surface area (Å²) in [6, 6.07) is 4.88. The Morgan fingerprint density at radius 3 is 2.74 bits per heavy atom. The van der Waals surface area contributed by atoms with Crippen molar-refractivity contribution in [2.45, 2.75) is 50.9 Å². The first-order valence-electron chi connectivity index (χ1n) is 6.93. The summed E-state index contributed by atoms with van der Waals surface area (Å²) in [4.78, 5) is 0. The van der Waals surface area contributed by atoms with Crippen LogP contribution >= 0.6 is 0 Å². The number of ether oxygens (including phenoxy) is 1. The molecular weight excluding hydrogens is 245 g/mol. The van der Waals surface area contributed by atoms with Gasteiger partial charge in [0.2, 0.25) is 0 Å². The molecule has 1 aliphatic carbocycles. The average molecular weight is 267 g/mol. The Kier molecular flexibility index (Phi) is 4.77. The highest BCUT2D eigenvalue weighted by Gasteiger charge is 2.25. The van der Waals surface area contributed by atoms with Gasteiger partial charge in [0.15, 0.2) is 0 Å². The van der Waals surface area contributed by atoms with E-state index >= 15 is 0 Å². The summed E-state index contributed by atoms with van der Waals surface area (Å²) in [5.74, 6) is 0.222. The van der Waals surface area contributed by atoms with Crippen LogP contribution in [0, 0.1) is 5.82 Å². The van der Waals surface area contributed by atoms with Gasteiger partial charge in [-0.1, -0.05) is 12.5 Å². The standard InChI is InChI=1S/C15H22FNO2/c1-10(17-2)12-8-7-11(9-13(12)16)19-15-6-4-3-5-14(15)18/h7-10,14-15,17-18H,3-6H2,1-2H3. The molecule has 3 unspecified atom stereocenters. The van der Waals surface area contributed by atoms with Gasteiger partial charge in [-0.2, -0.15) is 0 Å². The Morgan fingerprint density at radius 1 is 1.37 bits per heavy atom. The van der Waals surface area contributed by atoms with Gasteiger partial charge in [0.05, 0.1) is 6.10 Å². The summed E-state index contributed by atoms with van der Waals surface area (Å²) < 4.78 is 19.7. The molecule has 0 spiro atoms. The van der Waals surface area contributed by atoms with Gasteiger partial charge >= 0.3 is 0 Å². The molecule has 0 radical (unpaired) electrons. The van der Waals surface area contributed by atoms with Crippen LogP contribution in [0.1, 0.15) is 44.2 Å². The summed E-state index contributed by atoms with van der Waals surface area (Å²) in [6.07, 6.45) is 3.04. The normalized spacial score (nSPS) is 25.1. The largest absolute Gasteiger partial charge is 0.488 e. The third kappa shape index (κ3) is 3.45. The van der Waals surface area contributed by atoms with Crippen LogP contribution in [0.4, 0.5) is 4.39 Å². The number of aliphatic hydroxyl groups is 1. The minimum Gasteiger partial charge on any atom is -0.488 e. The fourth-order valence-electron chi connectivity index (χ4n) is 2.48. The fraction of sp³-hybridized carbons (Fsp3) is 0.600. The van der Waals surface area contributed by atoms with Crippen molar-refractivity contribution < 1.29 is 14.2 Å². The lowest BCUT2D eigenvalue weighted by Crippen LogP contribution is -2.34. The maximum absolute atomic E-state index is 14.0. The highest BCUT2D eigenvalue weighted by molar-refractivity contribution is 5.31. The van der Waals surface area contributed by atoms with Crippen LogP contribution in [0.15, 0.2) is 18.2 Å². The Balaban J connectivity index is 2.07. The molecule has 0 bridgehead atoms. The van der Waals surface area contributed by atoms with Gasteiger partial charge in [-0.3, -0.25) is 0 Å². The molecule has 3 atom stereocenters. The zero-order valence-corrected chi connectivity index (χ0v) is 11.5. The van der Waals surface area contributed by atoms with Crippen molar-refractivity contribution in [1.29, 1.82) is 0 Å². The van der Waals surface area contributed by atoms with E-state index in [9.17, 15) is 9.50 Å². The van der Waals surface area contributed by atoms with Gasteiger partial charge in [0.25, 0.3) is 0 Å². The van der Waals surface area contributed by atoms with E-state index in [1.807, 2.05) is 6.92 Å². The minimum absolute atomic E-state index is 0.0330. The molecule has 3 nitrogen and oxygen atoms in total. The van der Waals surface area contributed by atoms with Crippen LogP contribution in [-0.4, -0.2) is 24.4 Å². The SMILES string of the molecule is CNC(C)c1ccc(OC2CCCCC2O)cc1F. The molecule has 2 N–H and O–H groups in total. The molecule has 1 fully saturated rings. The predicted molar refractivity (Wildman–Crippen MR) is 72.8 cm³/mol. The number of aliphatic hydroxyl groups excluding tert-OH is 1. The van der Waals surface area contributed by atoms with Crippen LogP contribution in [0.25, 0.3) is 0 Å². The first-order valence-corrected chi connectivity index (χ1v) is 6.93. The van der Waals surface area contributed by atoms with E-state index < -0.39 is 6.10 Å². The lowest BCUT2D eigenvalue weighted by Gasteiger charge is -2.28. The van der Waals surface area contributed by atoms with E-state index in [-0.39, 0.29) is 18.0 Å². The van der Waals surface area contributed by atoms with Crippen LogP contribution in [0.3, 0.4) is 0 Å². The third-order valence-corrected chi connectivity index (χ3v) is 3.83. The second-order valence-corrected chi connectivity index (χ2v) is 5.20. The van der Waals surface area contributed by atoms with Crippen molar-refractivity contribution in [3.8, 4) is 5.75 Å². The zero-order valence-electron chi connectivity index (χ0n) is 11.5. The number of rotatable bonds is 4. The Labute approximate surface area is 113 Å². The van der Waals surface area contributed by atoms with Crippen LogP contribution in [0.5, 0.6) is 5.75 Å². The van der Waals surface area contributed by atoms with Crippen LogP contribution in [-0.2, 0) is 0 Å². The van der Waals surface area contributed by atoms with Crippen LogP contribution < -0.4 is 10.1 Å². The Hall–Kier alpha value is -1.13. The van der Waals surface area contributed by atoms with Crippen molar-refractivity contribution in [1.82, 2.24) is 5.32 Å². The minimum atomic E-state index is -0.437. The van der Waals surface area contributed by atoms with E-state index in [0.717, 1.165) is 25.7 Å². The molecule has 1 aliphatic rings. The van der Waals surface area contributed by atoms with Crippen molar-refractivity contribution in [3.63, 3.8) is 0 Å². The molecule has 19 heavy (non-hydrogen) atoms. The molecule has 1 aromatic rings. The van der Waals surface area contributed by atoms with Gasteiger partial charge in [-0.05, 0) is 39.3 Å². The van der Waals surface area contributed by atoms with Crippen molar-refractivity contribution in [2.24, 2.45) is 0 Å². The zero-order chi connectivity index (χ0) is 13.8. The van der Waals surface area contributed by atoms with E-state index in [1.165, 1.54) is 6.07 Å². The molecule has 0 saturated heterocycles. The van der Waals surface area contributed by atoms with Gasteiger partial charge in [0.1, 0.15) is 17.7 Å². The van der Waals surface area contributed by atoms with E-state index in [4.69, 9.17) is 4.74 Å². The van der Waals surface area contributed by atoms with Gasteiger partial charge in [0, 0.05) is 17.7 Å². The summed E-state index contributed by atoms with van der Waals surface area (Å²) in [6.45, 7) is 1.91. The van der Waals surface area contributed by atoms with E-state index in [2.05, 4.69) is 5.32 Å². The molecule has 2 rings (SSSR count). The molecule has 4 heteroatoms. The summed E-state index contributed by atoms with van der Waals surface area (Å²) in [5.41, 5.74) is 0.624. The van der Waals surface area contributed by atoms with Gasteiger partial charge in [-0.15, -0.1) is 0 Å². The van der Waals surface area contributed by atoms with Crippen LogP contribution in [0.2, 0.25) is 0 Å². The molecule has 0 heterocycles. The summed E-state index contributed by atoms with van der Waals surface area (Å²) >= 11 is 0. The van der Waals surface area contributed by atoms with E-state index in [1.54, 1.807) is 19.2 Å². The smallest absolute Gasteiger partial charge is 0.131 e. The first-order chi connectivity index (χ1) is 9.11. The molecule has 0 aromatic heterocycles. The second kappa shape index (κ2) is 6.35. The molecule has 106 valence electrons.